The van der Waals surface area contributed by atoms with Gasteiger partial charge in [-0.3, -0.25) is 4.99 Å². The summed E-state index contributed by atoms with van der Waals surface area (Å²) < 4.78 is 5.67. The van der Waals surface area contributed by atoms with Crippen molar-refractivity contribution in [2.75, 3.05) is 13.2 Å². The highest BCUT2D eigenvalue weighted by molar-refractivity contribution is 5.88. The van der Waals surface area contributed by atoms with Crippen LogP contribution in [0, 0.1) is 0 Å². The van der Waals surface area contributed by atoms with E-state index < -0.39 is 0 Å². The van der Waals surface area contributed by atoms with Crippen molar-refractivity contribution in [2.45, 2.75) is 5.92 Å². The molecule has 0 aliphatic carbocycles. The summed E-state index contributed by atoms with van der Waals surface area (Å²) >= 11 is 0. The molecule has 0 N–H and O–H groups in total. The zero-order valence-corrected chi connectivity index (χ0v) is 10.1. The molecule has 2 aromatic carbocycles. The van der Waals surface area contributed by atoms with E-state index in [0.29, 0.717) is 6.61 Å². The van der Waals surface area contributed by atoms with Gasteiger partial charge in [0, 0.05) is 0 Å². The van der Waals surface area contributed by atoms with Gasteiger partial charge in [0.2, 0.25) is 0 Å². The lowest BCUT2D eigenvalue weighted by Gasteiger charge is -2.17. The molecule has 18 heavy (non-hydrogen) atoms. The van der Waals surface area contributed by atoms with Gasteiger partial charge >= 0.3 is 0 Å². The first kappa shape index (κ1) is 11.0. The molecule has 0 fully saturated rings. The Balaban J connectivity index is 2.04. The Morgan fingerprint density at radius 1 is 0.833 bits per heavy atom. The van der Waals surface area contributed by atoms with Crippen LogP contribution in [-0.2, 0) is 4.74 Å². The van der Waals surface area contributed by atoms with E-state index in [1.807, 2.05) is 12.1 Å². The summed E-state index contributed by atoms with van der Waals surface area (Å²) in [5, 5.41) is 0. The van der Waals surface area contributed by atoms with Crippen LogP contribution in [0.15, 0.2) is 65.7 Å². The Labute approximate surface area is 107 Å². The highest BCUT2D eigenvalue weighted by Gasteiger charge is 2.24. The van der Waals surface area contributed by atoms with Crippen molar-refractivity contribution in [1.29, 1.82) is 0 Å². The molecule has 0 saturated carbocycles. The Bertz CT molecular complexity index is 494. The zero-order valence-electron chi connectivity index (χ0n) is 10.1. The van der Waals surface area contributed by atoms with Crippen LogP contribution in [0.1, 0.15) is 17.0 Å². The van der Waals surface area contributed by atoms with Gasteiger partial charge in [0.25, 0.3) is 0 Å². The fraction of sp³-hybridized carbons (Fsp3) is 0.188. The lowest BCUT2D eigenvalue weighted by Crippen LogP contribution is -2.14. The van der Waals surface area contributed by atoms with E-state index in [0.717, 1.165) is 12.4 Å². The van der Waals surface area contributed by atoms with Crippen molar-refractivity contribution in [3.8, 4) is 0 Å². The van der Waals surface area contributed by atoms with Crippen LogP contribution in [0.3, 0.4) is 0 Å². The van der Waals surface area contributed by atoms with E-state index in [2.05, 4.69) is 53.5 Å². The van der Waals surface area contributed by atoms with Crippen LogP contribution >= 0.6 is 0 Å². The summed E-state index contributed by atoms with van der Waals surface area (Å²) in [5.41, 5.74) is 2.45. The minimum absolute atomic E-state index is 0.120. The van der Waals surface area contributed by atoms with Gasteiger partial charge in [-0.1, -0.05) is 60.7 Å². The standard InChI is InChI=1S/C16H15NO/c1-3-7-13(8-4-1)15(16-17-11-12-18-16)14-9-5-2-6-10-14/h1-10,15H,11-12H2. The van der Waals surface area contributed by atoms with Crippen LogP contribution in [0.25, 0.3) is 0 Å². The number of hydrogen-bond donors (Lipinski definition) is 0. The normalized spacial score (nSPS) is 14.4. The summed E-state index contributed by atoms with van der Waals surface area (Å²) in [6.45, 7) is 1.47. The molecule has 1 aliphatic rings. The van der Waals surface area contributed by atoms with Crippen molar-refractivity contribution in [3.05, 3.63) is 71.8 Å². The van der Waals surface area contributed by atoms with Crippen LogP contribution < -0.4 is 0 Å². The van der Waals surface area contributed by atoms with Crippen LogP contribution in [0.5, 0.6) is 0 Å². The van der Waals surface area contributed by atoms with Crippen molar-refractivity contribution in [3.63, 3.8) is 0 Å². The first-order valence-electron chi connectivity index (χ1n) is 6.22. The summed E-state index contributed by atoms with van der Waals surface area (Å²) in [6.07, 6.45) is 0. The Morgan fingerprint density at radius 2 is 1.39 bits per heavy atom. The lowest BCUT2D eigenvalue weighted by atomic mass is 9.91. The molecular weight excluding hydrogens is 222 g/mol. The lowest BCUT2D eigenvalue weighted by molar-refractivity contribution is 0.336. The van der Waals surface area contributed by atoms with Gasteiger partial charge in [-0.2, -0.15) is 0 Å². The smallest absolute Gasteiger partial charge is 0.195 e. The largest absolute Gasteiger partial charge is 0.478 e. The maximum atomic E-state index is 5.67. The maximum Gasteiger partial charge on any atom is 0.195 e. The van der Waals surface area contributed by atoms with E-state index in [4.69, 9.17) is 4.74 Å². The van der Waals surface area contributed by atoms with Crippen LogP contribution in [-0.4, -0.2) is 19.0 Å². The number of rotatable bonds is 3. The second-order valence-electron chi connectivity index (χ2n) is 4.32. The molecule has 90 valence electrons. The molecule has 0 amide bonds. The average Bonchev–Trinajstić information content (AvgIpc) is 2.95. The van der Waals surface area contributed by atoms with E-state index in [-0.39, 0.29) is 5.92 Å². The quantitative estimate of drug-likeness (QED) is 0.803. The average molecular weight is 237 g/mol. The number of aliphatic imine (C=N–C) groups is 1. The van der Waals surface area contributed by atoms with Crippen molar-refractivity contribution < 1.29 is 4.74 Å². The first-order valence-corrected chi connectivity index (χ1v) is 6.22. The molecule has 0 spiro atoms. The number of nitrogens with zero attached hydrogens (tertiary/aromatic N) is 1. The number of ether oxygens (including phenoxy) is 1. The molecular formula is C16H15NO. The molecule has 0 bridgehead atoms. The van der Waals surface area contributed by atoms with Crippen molar-refractivity contribution in [1.82, 2.24) is 0 Å². The first-order chi connectivity index (χ1) is 8.95. The Hall–Kier alpha value is -2.09. The van der Waals surface area contributed by atoms with Gasteiger partial charge in [0.15, 0.2) is 5.90 Å². The maximum absolute atomic E-state index is 5.67. The van der Waals surface area contributed by atoms with Gasteiger partial charge in [-0.25, -0.2) is 0 Å². The molecule has 2 nitrogen and oxygen atoms in total. The summed E-state index contributed by atoms with van der Waals surface area (Å²) in [5.74, 6) is 0.960. The molecule has 0 aromatic heterocycles. The molecule has 0 atom stereocenters. The second-order valence-corrected chi connectivity index (χ2v) is 4.32. The monoisotopic (exact) mass is 237 g/mol. The summed E-state index contributed by atoms with van der Waals surface area (Å²) in [4.78, 5) is 4.48. The minimum Gasteiger partial charge on any atom is -0.478 e. The molecule has 0 saturated heterocycles. The van der Waals surface area contributed by atoms with Gasteiger partial charge in [-0.05, 0) is 11.1 Å². The number of benzene rings is 2. The fourth-order valence-electron chi connectivity index (χ4n) is 2.29. The van der Waals surface area contributed by atoms with Crippen LogP contribution in [0.2, 0.25) is 0 Å². The molecule has 2 aromatic rings. The summed E-state index contributed by atoms with van der Waals surface area (Å²) in [6, 6.07) is 20.8. The zero-order chi connectivity index (χ0) is 12.2. The van der Waals surface area contributed by atoms with Gasteiger partial charge in [-0.15, -0.1) is 0 Å². The minimum atomic E-state index is 0.120. The van der Waals surface area contributed by atoms with Gasteiger partial charge in [0.1, 0.15) is 6.61 Å². The Kier molecular flexibility index (Phi) is 3.09. The highest BCUT2D eigenvalue weighted by Crippen LogP contribution is 2.27. The van der Waals surface area contributed by atoms with Gasteiger partial charge < -0.3 is 4.74 Å². The van der Waals surface area contributed by atoms with E-state index in [1.165, 1.54) is 11.1 Å². The molecule has 0 radical (unpaired) electrons. The highest BCUT2D eigenvalue weighted by atomic mass is 16.5. The van der Waals surface area contributed by atoms with Crippen molar-refractivity contribution in [2.24, 2.45) is 4.99 Å². The molecule has 0 unspecified atom stereocenters. The third-order valence-electron chi connectivity index (χ3n) is 3.12. The van der Waals surface area contributed by atoms with E-state index in [9.17, 15) is 0 Å². The molecule has 3 rings (SSSR count). The van der Waals surface area contributed by atoms with Gasteiger partial charge in [0.05, 0.1) is 12.5 Å². The number of hydrogen-bond acceptors (Lipinski definition) is 2. The molecule has 2 heteroatoms. The summed E-state index contributed by atoms with van der Waals surface area (Å²) in [7, 11) is 0. The third-order valence-corrected chi connectivity index (χ3v) is 3.12. The Morgan fingerprint density at radius 3 is 1.83 bits per heavy atom. The predicted octanol–water partition coefficient (Wildman–Crippen LogP) is 3.25. The van der Waals surface area contributed by atoms with Crippen LogP contribution in [0.4, 0.5) is 0 Å². The van der Waals surface area contributed by atoms with Crippen molar-refractivity contribution >= 4 is 5.90 Å². The third kappa shape index (κ3) is 2.14. The SMILES string of the molecule is c1ccc(C(C2=NCCO2)c2ccccc2)cc1. The van der Waals surface area contributed by atoms with E-state index in [1.54, 1.807) is 0 Å². The fourth-order valence-corrected chi connectivity index (χ4v) is 2.29. The molecule has 1 aliphatic heterocycles. The van der Waals surface area contributed by atoms with E-state index >= 15 is 0 Å². The second kappa shape index (κ2) is 5.05. The topological polar surface area (TPSA) is 21.6 Å². The predicted molar refractivity (Wildman–Crippen MR) is 73.0 cm³/mol. The molecule has 1 heterocycles.